The molecule has 0 aromatic carbocycles. The second kappa shape index (κ2) is 8.39. The van der Waals surface area contributed by atoms with Gasteiger partial charge < -0.3 is 4.57 Å². The number of nitrogens with one attached hydrogen (secondary N) is 1. The summed E-state index contributed by atoms with van der Waals surface area (Å²) < 4.78 is 2.09. The van der Waals surface area contributed by atoms with Crippen LogP contribution >= 0.6 is 23.1 Å². The van der Waals surface area contributed by atoms with Crippen molar-refractivity contribution in [1.82, 2.24) is 25.0 Å². The zero-order valence-corrected chi connectivity index (χ0v) is 15.0. The third kappa shape index (κ3) is 4.21. The zero-order chi connectivity index (χ0) is 16.8. The Labute approximate surface area is 149 Å². The lowest BCUT2D eigenvalue weighted by atomic mass is 9.89. The molecular weight excluding hydrogens is 344 g/mol. The van der Waals surface area contributed by atoms with Gasteiger partial charge in [0.1, 0.15) is 11.3 Å². The summed E-state index contributed by atoms with van der Waals surface area (Å²) in [4.78, 5) is 12.0. The number of anilines is 1. The minimum absolute atomic E-state index is 0.121. The molecule has 1 fully saturated rings. The van der Waals surface area contributed by atoms with Crippen molar-refractivity contribution >= 4 is 34.1 Å². The van der Waals surface area contributed by atoms with Gasteiger partial charge in [-0.1, -0.05) is 48.4 Å². The highest BCUT2D eigenvalue weighted by Gasteiger charge is 2.23. The molecule has 0 saturated heterocycles. The number of hydrogen-bond acceptors (Lipinski definition) is 7. The van der Waals surface area contributed by atoms with E-state index >= 15 is 0 Å². The minimum Gasteiger partial charge on any atom is -0.302 e. The van der Waals surface area contributed by atoms with Crippen LogP contribution in [0.25, 0.3) is 0 Å². The second-order valence-corrected chi connectivity index (χ2v) is 7.43. The van der Waals surface area contributed by atoms with E-state index in [1.807, 2.05) is 6.08 Å². The highest BCUT2D eigenvalue weighted by Crippen LogP contribution is 2.33. The lowest BCUT2D eigenvalue weighted by Crippen LogP contribution is -2.15. The number of carbonyl (C=O) groups excluding carboxylic acids is 1. The van der Waals surface area contributed by atoms with Crippen molar-refractivity contribution in [2.75, 3.05) is 11.1 Å². The largest absolute Gasteiger partial charge is 0.302 e. The quantitative estimate of drug-likeness (QED) is 0.600. The third-order valence-electron chi connectivity index (χ3n) is 3.97. The molecule has 1 amide bonds. The van der Waals surface area contributed by atoms with E-state index in [2.05, 4.69) is 36.9 Å². The Morgan fingerprint density at radius 2 is 2.21 bits per heavy atom. The SMILES string of the molecule is C=CCn1c(SCC(=O)Nc2nncs2)nnc1C1CCCCC1. The van der Waals surface area contributed by atoms with Crippen LogP contribution in [-0.2, 0) is 11.3 Å². The first-order chi connectivity index (χ1) is 11.8. The van der Waals surface area contributed by atoms with Crippen molar-refractivity contribution in [2.45, 2.75) is 49.7 Å². The van der Waals surface area contributed by atoms with Crippen LogP contribution < -0.4 is 5.32 Å². The molecule has 7 nitrogen and oxygen atoms in total. The van der Waals surface area contributed by atoms with E-state index in [1.54, 1.807) is 5.51 Å². The van der Waals surface area contributed by atoms with Crippen molar-refractivity contribution < 1.29 is 4.79 Å². The minimum atomic E-state index is -0.121. The molecule has 1 N–H and O–H groups in total. The van der Waals surface area contributed by atoms with Gasteiger partial charge in [-0.05, 0) is 12.8 Å². The highest BCUT2D eigenvalue weighted by atomic mass is 32.2. The van der Waals surface area contributed by atoms with Crippen LogP contribution in [0.4, 0.5) is 5.13 Å². The summed E-state index contributed by atoms with van der Waals surface area (Å²) in [7, 11) is 0. The molecule has 1 saturated carbocycles. The molecule has 0 aliphatic heterocycles. The Hall–Kier alpha value is -1.74. The summed E-state index contributed by atoms with van der Waals surface area (Å²) in [5, 5.41) is 20.2. The molecule has 3 rings (SSSR count). The predicted octanol–water partition coefficient (Wildman–Crippen LogP) is 3.09. The lowest BCUT2D eigenvalue weighted by molar-refractivity contribution is -0.113. The third-order valence-corrected chi connectivity index (χ3v) is 5.54. The van der Waals surface area contributed by atoms with Crippen LogP contribution in [0, 0.1) is 0 Å². The lowest BCUT2D eigenvalue weighted by Gasteiger charge is -2.21. The van der Waals surface area contributed by atoms with Crippen molar-refractivity contribution in [3.05, 3.63) is 24.0 Å². The van der Waals surface area contributed by atoms with Gasteiger partial charge in [-0.25, -0.2) is 0 Å². The molecule has 0 bridgehead atoms. The number of thioether (sulfide) groups is 1. The second-order valence-electron chi connectivity index (χ2n) is 5.66. The number of hydrogen-bond donors (Lipinski definition) is 1. The Kier molecular flexibility index (Phi) is 5.97. The monoisotopic (exact) mass is 364 g/mol. The van der Waals surface area contributed by atoms with E-state index < -0.39 is 0 Å². The number of amides is 1. The standard InChI is InChI=1S/C15H20N6OS2/c1-2-8-21-13(11-6-4-3-5-7-11)18-20-15(21)23-9-12(22)17-14-19-16-10-24-14/h2,10-11H,1,3-9H2,(H,17,19,22). The summed E-state index contributed by atoms with van der Waals surface area (Å²) >= 11 is 2.68. The molecule has 0 radical (unpaired) electrons. The molecule has 1 aliphatic rings. The highest BCUT2D eigenvalue weighted by molar-refractivity contribution is 7.99. The van der Waals surface area contributed by atoms with E-state index in [1.165, 1.54) is 42.4 Å². The average Bonchev–Trinajstić information content (AvgIpc) is 3.24. The molecule has 24 heavy (non-hydrogen) atoms. The summed E-state index contributed by atoms with van der Waals surface area (Å²) in [5.74, 6) is 1.64. The first kappa shape index (κ1) is 17.1. The van der Waals surface area contributed by atoms with Crippen molar-refractivity contribution in [1.29, 1.82) is 0 Å². The Morgan fingerprint density at radius 1 is 1.38 bits per heavy atom. The maximum Gasteiger partial charge on any atom is 0.236 e. The van der Waals surface area contributed by atoms with Crippen LogP contribution in [0.5, 0.6) is 0 Å². The van der Waals surface area contributed by atoms with Gasteiger partial charge in [0.15, 0.2) is 5.16 Å². The van der Waals surface area contributed by atoms with Crippen molar-refractivity contribution in [3.8, 4) is 0 Å². The molecule has 0 atom stereocenters. The fourth-order valence-electron chi connectivity index (χ4n) is 2.88. The fourth-order valence-corrected chi connectivity index (χ4v) is 4.10. The number of nitrogens with zero attached hydrogens (tertiary/aromatic N) is 5. The normalized spacial score (nSPS) is 15.3. The maximum atomic E-state index is 12.0. The van der Waals surface area contributed by atoms with Crippen LogP contribution in [0.1, 0.15) is 43.8 Å². The first-order valence-electron chi connectivity index (χ1n) is 8.00. The van der Waals surface area contributed by atoms with Gasteiger partial charge in [-0.3, -0.25) is 10.1 Å². The number of carbonyl (C=O) groups is 1. The van der Waals surface area contributed by atoms with Gasteiger partial charge in [-0.15, -0.1) is 27.0 Å². The molecule has 2 aromatic heterocycles. The van der Waals surface area contributed by atoms with Crippen molar-refractivity contribution in [2.24, 2.45) is 0 Å². The van der Waals surface area contributed by atoms with Gasteiger partial charge in [0.25, 0.3) is 0 Å². The van der Waals surface area contributed by atoms with Crippen LogP contribution in [0.2, 0.25) is 0 Å². The first-order valence-corrected chi connectivity index (χ1v) is 9.87. The zero-order valence-electron chi connectivity index (χ0n) is 13.3. The fraction of sp³-hybridized carbons (Fsp3) is 0.533. The number of allylic oxidation sites excluding steroid dienone is 1. The van der Waals surface area contributed by atoms with E-state index in [9.17, 15) is 4.79 Å². The van der Waals surface area contributed by atoms with Crippen LogP contribution in [-0.4, -0.2) is 36.6 Å². The maximum absolute atomic E-state index is 12.0. The predicted molar refractivity (Wildman–Crippen MR) is 95.3 cm³/mol. The van der Waals surface area contributed by atoms with E-state index in [0.717, 1.165) is 23.8 Å². The molecule has 0 spiro atoms. The number of aromatic nitrogens is 5. The summed E-state index contributed by atoms with van der Waals surface area (Å²) in [6.45, 7) is 4.50. The van der Waals surface area contributed by atoms with Crippen molar-refractivity contribution in [3.63, 3.8) is 0 Å². The summed E-state index contributed by atoms with van der Waals surface area (Å²) in [5.41, 5.74) is 1.58. The van der Waals surface area contributed by atoms with Gasteiger partial charge in [0.05, 0.1) is 5.75 Å². The molecule has 1 aliphatic carbocycles. The Bertz CT molecular complexity index is 678. The van der Waals surface area contributed by atoms with E-state index in [4.69, 9.17) is 0 Å². The molecule has 0 unspecified atom stereocenters. The molecule has 2 heterocycles. The average molecular weight is 365 g/mol. The van der Waals surface area contributed by atoms with Gasteiger partial charge in [-0.2, -0.15) is 0 Å². The Balaban J connectivity index is 1.65. The molecule has 128 valence electrons. The van der Waals surface area contributed by atoms with E-state index in [-0.39, 0.29) is 11.7 Å². The summed E-state index contributed by atoms with van der Waals surface area (Å²) in [6, 6.07) is 0. The Morgan fingerprint density at radius 3 is 2.92 bits per heavy atom. The summed E-state index contributed by atoms with van der Waals surface area (Å²) in [6.07, 6.45) is 7.98. The number of rotatable bonds is 7. The smallest absolute Gasteiger partial charge is 0.236 e. The molecule has 2 aromatic rings. The van der Waals surface area contributed by atoms with E-state index in [0.29, 0.717) is 17.6 Å². The topological polar surface area (TPSA) is 85.6 Å². The van der Waals surface area contributed by atoms with Gasteiger partial charge in [0.2, 0.25) is 11.0 Å². The van der Waals surface area contributed by atoms with Crippen LogP contribution in [0.3, 0.4) is 0 Å². The molecular formula is C15H20N6OS2. The van der Waals surface area contributed by atoms with Gasteiger partial charge in [0, 0.05) is 12.5 Å². The van der Waals surface area contributed by atoms with Gasteiger partial charge >= 0.3 is 0 Å². The molecule has 9 heteroatoms. The van der Waals surface area contributed by atoms with Crippen LogP contribution in [0.15, 0.2) is 23.3 Å².